The summed E-state index contributed by atoms with van der Waals surface area (Å²) < 4.78 is 5.77. The third-order valence-corrected chi connectivity index (χ3v) is 6.01. The lowest BCUT2D eigenvalue weighted by molar-refractivity contribution is 0.122. The molecule has 0 radical (unpaired) electrons. The largest absolute Gasteiger partial charge is 0.378 e. The van der Waals surface area contributed by atoms with Crippen LogP contribution < -0.4 is 10.2 Å². The van der Waals surface area contributed by atoms with Crippen LogP contribution >= 0.6 is 35.7 Å². The van der Waals surface area contributed by atoms with Gasteiger partial charge in [0.1, 0.15) is 0 Å². The second-order valence-electron chi connectivity index (χ2n) is 7.16. The molecule has 2 aliphatic heterocycles. The van der Waals surface area contributed by atoms with E-state index in [1.54, 1.807) is 0 Å². The third kappa shape index (κ3) is 5.66. The van der Waals surface area contributed by atoms with E-state index in [4.69, 9.17) is 4.74 Å². The minimum absolute atomic E-state index is 0. The highest BCUT2D eigenvalue weighted by atomic mass is 127. The Morgan fingerprint density at radius 1 is 1.23 bits per heavy atom. The molecule has 26 heavy (non-hydrogen) atoms. The molecule has 3 rings (SSSR count). The summed E-state index contributed by atoms with van der Waals surface area (Å²) in [5.74, 6) is 2.16. The van der Waals surface area contributed by atoms with Crippen LogP contribution in [0.2, 0.25) is 0 Å². The molecule has 0 amide bonds. The van der Waals surface area contributed by atoms with Crippen molar-refractivity contribution in [2.45, 2.75) is 25.1 Å². The zero-order valence-electron chi connectivity index (χ0n) is 16.0. The van der Waals surface area contributed by atoms with Crippen LogP contribution in [0.5, 0.6) is 0 Å². The average molecular weight is 490 g/mol. The molecular weight excluding hydrogens is 459 g/mol. The molecular formula is C19H31IN4OS. The summed E-state index contributed by atoms with van der Waals surface area (Å²) >= 11 is 2.04. The van der Waals surface area contributed by atoms with Crippen LogP contribution in [0.3, 0.4) is 0 Å². The number of nitrogens with one attached hydrogen (secondary N) is 1. The second kappa shape index (κ2) is 10.0. The maximum Gasteiger partial charge on any atom is 0.193 e. The van der Waals surface area contributed by atoms with Crippen molar-refractivity contribution in [1.82, 2.24) is 10.2 Å². The van der Waals surface area contributed by atoms with Crippen LogP contribution in [0, 0.1) is 0 Å². The van der Waals surface area contributed by atoms with Gasteiger partial charge in [0.15, 0.2) is 5.96 Å². The monoisotopic (exact) mass is 490 g/mol. The highest BCUT2D eigenvalue weighted by Crippen LogP contribution is 2.29. The summed E-state index contributed by atoms with van der Waals surface area (Å²) in [5, 5.41) is 3.58. The van der Waals surface area contributed by atoms with E-state index in [2.05, 4.69) is 58.2 Å². The zero-order valence-corrected chi connectivity index (χ0v) is 19.2. The van der Waals surface area contributed by atoms with E-state index in [1.807, 2.05) is 18.8 Å². The van der Waals surface area contributed by atoms with Crippen molar-refractivity contribution in [1.29, 1.82) is 0 Å². The Bertz CT molecular complexity index is 605. The number of anilines is 1. The zero-order chi connectivity index (χ0) is 17.7. The van der Waals surface area contributed by atoms with Crippen LogP contribution in [0.4, 0.5) is 5.69 Å². The van der Waals surface area contributed by atoms with Gasteiger partial charge in [0.05, 0.1) is 13.2 Å². The molecule has 0 aliphatic carbocycles. The number of rotatable bonds is 3. The molecule has 2 saturated heterocycles. The molecule has 0 atom stereocenters. The van der Waals surface area contributed by atoms with Crippen LogP contribution in [0.25, 0.3) is 0 Å². The Balaban J connectivity index is 0.00000243. The number of thioether (sulfide) groups is 1. The van der Waals surface area contributed by atoms with Gasteiger partial charge in [-0.25, -0.2) is 0 Å². The standard InChI is InChI=1S/C19H30N4OS.HI/c1-19(2)15-23(10-13-25-19)18(20-3)21-14-16-6-4-5-7-17(16)22-8-11-24-12-9-22;/h4-7H,8-15H2,1-3H3,(H,20,21);1H. The molecule has 0 saturated carbocycles. The van der Waals surface area contributed by atoms with Crippen LogP contribution in [-0.4, -0.2) is 67.8 Å². The number of benzene rings is 1. The minimum atomic E-state index is 0. The first-order valence-corrected chi connectivity index (χ1v) is 10.1. The van der Waals surface area contributed by atoms with Gasteiger partial charge in [0.25, 0.3) is 0 Å². The number of hydrogen-bond acceptors (Lipinski definition) is 4. The quantitative estimate of drug-likeness (QED) is 0.401. The predicted molar refractivity (Wildman–Crippen MR) is 123 cm³/mol. The van der Waals surface area contributed by atoms with Crippen molar-refractivity contribution < 1.29 is 4.74 Å². The number of morpholine rings is 1. The van der Waals surface area contributed by atoms with Crippen molar-refractivity contribution in [2.75, 3.05) is 57.1 Å². The third-order valence-electron chi connectivity index (χ3n) is 4.72. The number of halogens is 1. The molecule has 5 nitrogen and oxygen atoms in total. The van der Waals surface area contributed by atoms with Crippen LogP contribution in [-0.2, 0) is 11.3 Å². The molecule has 2 heterocycles. The fraction of sp³-hybridized carbons (Fsp3) is 0.632. The van der Waals surface area contributed by atoms with E-state index in [0.717, 1.165) is 57.6 Å². The number of guanidine groups is 1. The molecule has 0 bridgehead atoms. The summed E-state index contributed by atoms with van der Waals surface area (Å²) in [6.07, 6.45) is 0. The van der Waals surface area contributed by atoms with Crippen molar-refractivity contribution in [3.63, 3.8) is 0 Å². The molecule has 0 spiro atoms. The molecule has 1 N–H and O–H groups in total. The minimum Gasteiger partial charge on any atom is -0.378 e. The van der Waals surface area contributed by atoms with Gasteiger partial charge in [-0.2, -0.15) is 11.8 Å². The Morgan fingerprint density at radius 2 is 1.96 bits per heavy atom. The molecule has 7 heteroatoms. The van der Waals surface area contributed by atoms with Crippen molar-refractivity contribution >= 4 is 47.4 Å². The Hall–Kier alpha value is -0.670. The highest BCUT2D eigenvalue weighted by Gasteiger charge is 2.28. The van der Waals surface area contributed by atoms with Gasteiger partial charge in [0, 0.05) is 56.0 Å². The molecule has 0 aromatic heterocycles. The summed E-state index contributed by atoms with van der Waals surface area (Å²) in [6, 6.07) is 8.66. The van der Waals surface area contributed by atoms with Crippen LogP contribution in [0.1, 0.15) is 19.4 Å². The summed E-state index contributed by atoms with van der Waals surface area (Å²) in [6.45, 7) is 11.0. The number of aliphatic imine (C=N–C) groups is 1. The first-order chi connectivity index (χ1) is 12.1. The van der Waals surface area contributed by atoms with Gasteiger partial charge in [-0.15, -0.1) is 24.0 Å². The van der Waals surface area contributed by atoms with E-state index in [9.17, 15) is 0 Å². The lowest BCUT2D eigenvalue weighted by Crippen LogP contribution is -2.50. The number of ether oxygens (including phenoxy) is 1. The summed E-state index contributed by atoms with van der Waals surface area (Å²) in [4.78, 5) is 9.33. The number of hydrogen-bond donors (Lipinski definition) is 1. The maximum absolute atomic E-state index is 5.49. The fourth-order valence-corrected chi connectivity index (χ4v) is 4.59. The maximum atomic E-state index is 5.49. The van der Waals surface area contributed by atoms with Gasteiger partial charge >= 0.3 is 0 Å². The van der Waals surface area contributed by atoms with Gasteiger partial charge in [-0.3, -0.25) is 4.99 Å². The Morgan fingerprint density at radius 3 is 2.65 bits per heavy atom. The van der Waals surface area contributed by atoms with E-state index in [1.165, 1.54) is 11.3 Å². The topological polar surface area (TPSA) is 40.1 Å². The second-order valence-corrected chi connectivity index (χ2v) is 8.96. The lowest BCUT2D eigenvalue weighted by Gasteiger charge is -2.39. The first-order valence-electron chi connectivity index (χ1n) is 9.09. The lowest BCUT2D eigenvalue weighted by atomic mass is 10.1. The molecule has 1 aromatic carbocycles. The molecule has 1 aromatic rings. The summed E-state index contributed by atoms with van der Waals surface area (Å²) in [5.41, 5.74) is 2.62. The van der Waals surface area contributed by atoms with Crippen molar-refractivity contribution in [2.24, 2.45) is 4.99 Å². The molecule has 0 unspecified atom stereocenters. The van der Waals surface area contributed by atoms with Gasteiger partial charge in [0.2, 0.25) is 0 Å². The Kier molecular flexibility index (Phi) is 8.35. The van der Waals surface area contributed by atoms with Gasteiger partial charge < -0.3 is 19.9 Å². The predicted octanol–water partition coefficient (Wildman–Crippen LogP) is 3.04. The fourth-order valence-electron chi connectivity index (χ4n) is 3.48. The molecule has 2 aliphatic rings. The van der Waals surface area contributed by atoms with Gasteiger partial charge in [-0.1, -0.05) is 18.2 Å². The van der Waals surface area contributed by atoms with Crippen molar-refractivity contribution in [3.05, 3.63) is 29.8 Å². The smallest absolute Gasteiger partial charge is 0.193 e. The van der Waals surface area contributed by atoms with Gasteiger partial charge in [-0.05, 0) is 25.5 Å². The molecule has 2 fully saturated rings. The van der Waals surface area contributed by atoms with Crippen molar-refractivity contribution in [3.8, 4) is 0 Å². The SMILES string of the molecule is CN=C(NCc1ccccc1N1CCOCC1)N1CCSC(C)(C)C1.I. The van der Waals surface area contributed by atoms with E-state index in [0.29, 0.717) is 0 Å². The number of nitrogens with zero attached hydrogens (tertiary/aromatic N) is 3. The number of para-hydroxylation sites is 1. The molecule has 146 valence electrons. The van der Waals surface area contributed by atoms with E-state index in [-0.39, 0.29) is 28.7 Å². The normalized spacial score (nSPS) is 20.5. The average Bonchev–Trinajstić information content (AvgIpc) is 2.62. The highest BCUT2D eigenvalue weighted by molar-refractivity contribution is 14.0. The van der Waals surface area contributed by atoms with E-state index >= 15 is 0 Å². The Labute approximate surface area is 179 Å². The first kappa shape index (κ1) is 21.6. The summed E-state index contributed by atoms with van der Waals surface area (Å²) in [7, 11) is 1.88. The van der Waals surface area contributed by atoms with E-state index < -0.39 is 0 Å². The van der Waals surface area contributed by atoms with Crippen LogP contribution in [0.15, 0.2) is 29.3 Å².